The van der Waals surface area contributed by atoms with Crippen molar-refractivity contribution in [3.63, 3.8) is 0 Å². The van der Waals surface area contributed by atoms with Crippen LogP contribution in [0.1, 0.15) is 12.8 Å². The van der Waals surface area contributed by atoms with Crippen molar-refractivity contribution >= 4 is 20.0 Å². The van der Waals surface area contributed by atoms with Gasteiger partial charge in [-0.1, -0.05) is 5.09 Å². The Bertz CT molecular complexity index is 291. The van der Waals surface area contributed by atoms with Crippen molar-refractivity contribution in [3.8, 4) is 0 Å². The van der Waals surface area contributed by atoms with Gasteiger partial charge in [0, 0.05) is 6.42 Å². The molecule has 84 valence electrons. The first-order valence-corrected chi connectivity index (χ1v) is 6.13. The molecule has 1 spiro atoms. The quantitative estimate of drug-likeness (QED) is 0.639. The van der Waals surface area contributed by atoms with Gasteiger partial charge in [0.2, 0.25) is 5.91 Å². The molecule has 1 atom stereocenters. The summed E-state index contributed by atoms with van der Waals surface area (Å²) in [5.41, 5.74) is 4.99. The number of carbonyl (C=O) groups is 2. The van der Waals surface area contributed by atoms with Crippen LogP contribution in [0.4, 0.5) is 0 Å². The molecule has 7 nitrogen and oxygen atoms in total. The molecule has 0 bridgehead atoms. The number of rotatable bonds is 3. The van der Waals surface area contributed by atoms with E-state index in [0.717, 1.165) is 0 Å². The van der Waals surface area contributed by atoms with Crippen molar-refractivity contribution in [2.75, 3.05) is 13.2 Å². The zero-order chi connectivity index (χ0) is 10.9. The topological polar surface area (TPSA) is 99.9 Å². The highest BCUT2D eigenvalue weighted by Crippen LogP contribution is 2.64. The van der Waals surface area contributed by atoms with Crippen LogP contribution in [0.5, 0.6) is 0 Å². The second kappa shape index (κ2) is 4.02. The van der Waals surface area contributed by atoms with Crippen LogP contribution in [0.2, 0.25) is 0 Å². The van der Waals surface area contributed by atoms with Gasteiger partial charge in [-0.15, -0.1) is 0 Å². The summed E-state index contributed by atoms with van der Waals surface area (Å²) in [6.07, 6.45) is 0.440. The second-order valence-corrected chi connectivity index (χ2v) is 5.21. The van der Waals surface area contributed by atoms with Crippen LogP contribution in [-0.2, 0) is 23.2 Å². The smallest absolute Gasteiger partial charge is 0.370 e. The van der Waals surface area contributed by atoms with Crippen molar-refractivity contribution in [2.24, 2.45) is 5.73 Å². The van der Waals surface area contributed by atoms with E-state index in [4.69, 9.17) is 19.3 Å². The van der Waals surface area contributed by atoms with Crippen molar-refractivity contribution in [1.82, 2.24) is 5.09 Å². The molecule has 0 aromatic heterocycles. The Hall–Kier alpha value is -0.750. The predicted octanol–water partition coefficient (Wildman–Crippen LogP) is -0.509. The Kier molecular flexibility index (Phi) is 2.88. The molecule has 0 aromatic carbocycles. The Morgan fingerprint density at radius 3 is 2.80 bits per heavy atom. The van der Waals surface area contributed by atoms with Gasteiger partial charge in [-0.25, -0.2) is 9.32 Å². The number of hydrogen-bond acceptors (Lipinski definition) is 6. The van der Waals surface area contributed by atoms with E-state index < -0.39 is 26.0 Å². The molecule has 2 fully saturated rings. The van der Waals surface area contributed by atoms with Crippen molar-refractivity contribution in [3.05, 3.63) is 0 Å². The molecule has 2 aliphatic rings. The fourth-order valence-electron chi connectivity index (χ4n) is 1.40. The number of carbonyl (C=O) groups excluding carboxylic acids is 2. The first-order chi connectivity index (χ1) is 7.11. The van der Waals surface area contributed by atoms with E-state index >= 15 is 0 Å². The SMILES string of the molecule is NC(=O)CCC1N[P+]2(OCCO2)OC1=O. The van der Waals surface area contributed by atoms with Crippen molar-refractivity contribution in [1.29, 1.82) is 0 Å². The van der Waals surface area contributed by atoms with E-state index in [9.17, 15) is 9.59 Å². The third-order valence-corrected chi connectivity index (χ3v) is 4.19. The van der Waals surface area contributed by atoms with Crippen molar-refractivity contribution < 1.29 is 23.2 Å². The van der Waals surface area contributed by atoms with E-state index in [-0.39, 0.29) is 6.42 Å². The van der Waals surface area contributed by atoms with Gasteiger partial charge in [-0.3, -0.25) is 4.79 Å². The molecule has 8 heteroatoms. The first-order valence-electron chi connectivity index (χ1n) is 4.59. The van der Waals surface area contributed by atoms with Gasteiger partial charge in [0.25, 0.3) is 0 Å². The Morgan fingerprint density at radius 2 is 2.20 bits per heavy atom. The summed E-state index contributed by atoms with van der Waals surface area (Å²) in [7, 11) is -2.62. The molecular formula is C7H12N2O5P+. The zero-order valence-electron chi connectivity index (χ0n) is 7.97. The highest BCUT2D eigenvalue weighted by molar-refractivity contribution is 7.60. The minimum absolute atomic E-state index is 0.132. The Labute approximate surface area is 86.9 Å². The predicted molar refractivity (Wildman–Crippen MR) is 50.3 cm³/mol. The molecule has 15 heavy (non-hydrogen) atoms. The van der Waals surface area contributed by atoms with Gasteiger partial charge >= 0.3 is 14.1 Å². The molecular weight excluding hydrogens is 223 g/mol. The van der Waals surface area contributed by atoms with E-state index in [2.05, 4.69) is 5.09 Å². The highest BCUT2D eigenvalue weighted by atomic mass is 31.2. The van der Waals surface area contributed by atoms with Gasteiger partial charge in [0.1, 0.15) is 13.2 Å². The summed E-state index contributed by atoms with van der Waals surface area (Å²) in [4.78, 5) is 21.9. The summed E-state index contributed by atoms with van der Waals surface area (Å²) in [5.74, 6) is -0.886. The Balaban J connectivity index is 1.92. The zero-order valence-corrected chi connectivity index (χ0v) is 8.87. The van der Waals surface area contributed by atoms with Crippen LogP contribution in [0.3, 0.4) is 0 Å². The van der Waals surface area contributed by atoms with Crippen LogP contribution in [0.25, 0.3) is 0 Å². The number of nitrogens with two attached hydrogens (primary N) is 1. The van der Waals surface area contributed by atoms with E-state index in [1.807, 2.05) is 0 Å². The lowest BCUT2D eigenvalue weighted by Crippen LogP contribution is -2.28. The van der Waals surface area contributed by atoms with Crippen LogP contribution in [-0.4, -0.2) is 31.1 Å². The standard InChI is InChI=1S/C7H11N2O5P/c8-6(10)2-1-5-7(11)14-15(9-5)12-3-4-13-15/h5,9H,1-4H2,(H-,8,10)/p+1. The maximum Gasteiger partial charge on any atom is 0.550 e. The normalized spacial score (nSPS) is 28.3. The molecule has 2 rings (SSSR count). The van der Waals surface area contributed by atoms with Gasteiger partial charge in [0.15, 0.2) is 6.04 Å². The lowest BCUT2D eigenvalue weighted by atomic mass is 10.2. The van der Waals surface area contributed by atoms with Crippen LogP contribution >= 0.6 is 8.09 Å². The average Bonchev–Trinajstić information content (AvgIpc) is 2.72. The summed E-state index contributed by atoms with van der Waals surface area (Å²) in [6, 6.07) is -0.552. The Morgan fingerprint density at radius 1 is 1.53 bits per heavy atom. The summed E-state index contributed by atoms with van der Waals surface area (Å²) in [6.45, 7) is 0.827. The molecule has 0 aliphatic carbocycles. The maximum atomic E-state index is 11.4. The molecule has 3 N–H and O–H groups in total. The van der Waals surface area contributed by atoms with E-state index in [1.54, 1.807) is 0 Å². The first kappa shape index (κ1) is 10.8. The molecule has 0 radical (unpaired) electrons. The van der Waals surface area contributed by atoms with Gasteiger partial charge in [-0.05, 0) is 6.42 Å². The van der Waals surface area contributed by atoms with Crippen LogP contribution in [0, 0.1) is 0 Å². The minimum Gasteiger partial charge on any atom is -0.370 e. The van der Waals surface area contributed by atoms with Gasteiger partial charge in [0.05, 0.1) is 0 Å². The monoisotopic (exact) mass is 235 g/mol. The molecule has 1 unspecified atom stereocenters. The summed E-state index contributed by atoms with van der Waals surface area (Å²) >= 11 is 0. The number of amides is 1. The fraction of sp³-hybridized carbons (Fsp3) is 0.714. The molecule has 1 amide bonds. The van der Waals surface area contributed by atoms with Gasteiger partial charge in [-0.2, -0.15) is 9.05 Å². The molecule has 0 aromatic rings. The van der Waals surface area contributed by atoms with E-state index in [1.165, 1.54) is 0 Å². The highest BCUT2D eigenvalue weighted by Gasteiger charge is 2.62. The van der Waals surface area contributed by atoms with Crippen molar-refractivity contribution in [2.45, 2.75) is 18.9 Å². The molecule has 0 saturated carbocycles. The maximum absolute atomic E-state index is 11.4. The average molecular weight is 235 g/mol. The van der Waals surface area contributed by atoms with Crippen LogP contribution in [0.15, 0.2) is 0 Å². The molecule has 2 heterocycles. The molecule has 2 aliphatic heterocycles. The van der Waals surface area contributed by atoms with Crippen LogP contribution < -0.4 is 10.8 Å². The lowest BCUT2D eigenvalue weighted by Gasteiger charge is -2.05. The fourth-order valence-corrected chi connectivity index (χ4v) is 3.39. The summed E-state index contributed by atoms with van der Waals surface area (Å²) in [5, 5.41) is 2.86. The second-order valence-electron chi connectivity index (χ2n) is 3.26. The largest absolute Gasteiger partial charge is 0.550 e. The minimum atomic E-state index is -2.62. The third-order valence-electron chi connectivity index (χ3n) is 2.09. The van der Waals surface area contributed by atoms with E-state index in [0.29, 0.717) is 19.6 Å². The number of nitrogens with one attached hydrogen (secondary N) is 1. The summed E-state index contributed by atoms with van der Waals surface area (Å²) < 4.78 is 15.5. The third kappa shape index (κ3) is 2.26. The molecule has 2 saturated heterocycles. The number of hydrogen-bond donors (Lipinski definition) is 2. The number of primary amides is 1. The lowest BCUT2D eigenvalue weighted by molar-refractivity contribution is -0.134. The van der Waals surface area contributed by atoms with Gasteiger partial charge < -0.3 is 5.73 Å².